The van der Waals surface area contributed by atoms with Gasteiger partial charge in [0.2, 0.25) is 0 Å². The van der Waals surface area contributed by atoms with Crippen LogP contribution in [0.2, 0.25) is 0 Å². The van der Waals surface area contributed by atoms with E-state index in [4.69, 9.17) is 17.0 Å². The fourth-order valence-electron chi connectivity index (χ4n) is 3.30. The lowest BCUT2D eigenvalue weighted by Crippen LogP contribution is -2.34. The predicted molar refractivity (Wildman–Crippen MR) is 112 cm³/mol. The highest BCUT2D eigenvalue weighted by molar-refractivity contribution is 7.80. The molecule has 0 saturated carbocycles. The lowest BCUT2D eigenvalue weighted by atomic mass is 9.86. The number of carbonyl (C=O) groups excluding carboxylic acids is 2. The monoisotopic (exact) mass is 402 g/mol. The minimum atomic E-state index is -0.344. The zero-order valence-electron chi connectivity index (χ0n) is 15.3. The van der Waals surface area contributed by atoms with Gasteiger partial charge in [-0.25, -0.2) is 4.79 Å². The van der Waals surface area contributed by atoms with Crippen molar-refractivity contribution < 1.29 is 14.3 Å². The smallest absolute Gasteiger partial charge is 0.341 e. The number of esters is 1. The van der Waals surface area contributed by atoms with Crippen LogP contribution in [0.15, 0.2) is 30.3 Å². The van der Waals surface area contributed by atoms with Gasteiger partial charge >= 0.3 is 5.97 Å². The molecule has 1 aromatic carbocycles. The van der Waals surface area contributed by atoms with Crippen LogP contribution in [-0.4, -0.2) is 23.6 Å². The molecule has 5 nitrogen and oxygen atoms in total. The molecule has 2 aromatic rings. The van der Waals surface area contributed by atoms with Crippen molar-refractivity contribution >= 4 is 45.5 Å². The number of rotatable bonds is 4. The Balaban J connectivity index is 1.82. The maximum Gasteiger partial charge on any atom is 0.341 e. The standard InChI is InChI=1S/C20H22N2O3S2/c1-3-25-19(24)16-15-12(2)8-7-11-14(15)27-18(16)22-20(26)21-17(23)13-9-5-4-6-10-13/h4-6,9-10,12H,3,7-8,11H2,1-2H3,(H2,21,22,23,26). The number of anilines is 1. The van der Waals surface area contributed by atoms with Gasteiger partial charge in [-0.3, -0.25) is 10.1 Å². The molecule has 1 unspecified atom stereocenters. The van der Waals surface area contributed by atoms with E-state index in [1.807, 2.05) is 6.07 Å². The van der Waals surface area contributed by atoms with E-state index in [0.717, 1.165) is 24.8 Å². The van der Waals surface area contributed by atoms with Gasteiger partial charge in [0.25, 0.3) is 5.91 Å². The molecule has 1 atom stereocenters. The van der Waals surface area contributed by atoms with Crippen molar-refractivity contribution in [2.45, 2.75) is 39.0 Å². The second kappa shape index (κ2) is 8.63. The van der Waals surface area contributed by atoms with Crippen LogP contribution >= 0.6 is 23.6 Å². The molecule has 0 spiro atoms. The Morgan fingerprint density at radius 3 is 2.74 bits per heavy atom. The number of thiocarbonyl (C=S) groups is 1. The largest absolute Gasteiger partial charge is 0.462 e. The summed E-state index contributed by atoms with van der Waals surface area (Å²) in [7, 11) is 0. The first kappa shape index (κ1) is 19.5. The van der Waals surface area contributed by atoms with E-state index < -0.39 is 0 Å². The Hall–Kier alpha value is -2.25. The highest BCUT2D eigenvalue weighted by Gasteiger charge is 2.30. The average molecular weight is 403 g/mol. The van der Waals surface area contributed by atoms with Gasteiger partial charge in [-0.1, -0.05) is 25.1 Å². The number of hydrogen-bond donors (Lipinski definition) is 2. The highest BCUT2D eigenvalue weighted by Crippen LogP contribution is 2.43. The van der Waals surface area contributed by atoms with Gasteiger partial charge in [0.15, 0.2) is 5.11 Å². The van der Waals surface area contributed by atoms with E-state index in [1.165, 1.54) is 16.2 Å². The molecule has 1 aliphatic rings. The molecule has 0 aliphatic heterocycles. The highest BCUT2D eigenvalue weighted by atomic mass is 32.1. The van der Waals surface area contributed by atoms with Crippen molar-refractivity contribution in [2.75, 3.05) is 11.9 Å². The van der Waals surface area contributed by atoms with Crippen molar-refractivity contribution in [3.8, 4) is 0 Å². The van der Waals surface area contributed by atoms with Crippen molar-refractivity contribution in [1.29, 1.82) is 0 Å². The summed E-state index contributed by atoms with van der Waals surface area (Å²) < 4.78 is 5.27. The van der Waals surface area contributed by atoms with Crippen LogP contribution in [0.3, 0.4) is 0 Å². The minimum absolute atomic E-state index is 0.167. The fraction of sp³-hybridized carbons (Fsp3) is 0.350. The number of nitrogens with one attached hydrogen (secondary N) is 2. The second-order valence-corrected chi connectivity index (χ2v) is 7.94. The Morgan fingerprint density at radius 2 is 2.04 bits per heavy atom. The fourth-order valence-corrected chi connectivity index (χ4v) is 4.92. The topological polar surface area (TPSA) is 67.4 Å². The van der Waals surface area contributed by atoms with Crippen molar-refractivity contribution in [2.24, 2.45) is 0 Å². The van der Waals surface area contributed by atoms with Gasteiger partial charge in [-0.2, -0.15) is 0 Å². The van der Waals surface area contributed by atoms with E-state index >= 15 is 0 Å². The number of benzene rings is 1. The number of carbonyl (C=O) groups is 2. The summed E-state index contributed by atoms with van der Waals surface area (Å²) >= 11 is 6.83. The van der Waals surface area contributed by atoms with Crippen LogP contribution in [0.25, 0.3) is 0 Å². The molecule has 0 saturated heterocycles. The first-order valence-corrected chi connectivity index (χ1v) is 10.2. The van der Waals surface area contributed by atoms with Crippen LogP contribution in [0.4, 0.5) is 5.00 Å². The molecule has 1 aromatic heterocycles. The minimum Gasteiger partial charge on any atom is -0.462 e. The van der Waals surface area contributed by atoms with Gasteiger partial charge in [0, 0.05) is 10.4 Å². The van der Waals surface area contributed by atoms with Crippen LogP contribution in [0.1, 0.15) is 63.8 Å². The van der Waals surface area contributed by atoms with E-state index in [0.29, 0.717) is 28.7 Å². The van der Waals surface area contributed by atoms with Crippen LogP contribution < -0.4 is 10.6 Å². The van der Waals surface area contributed by atoms with Gasteiger partial charge in [-0.05, 0) is 62.0 Å². The number of amides is 1. The number of thiophene rings is 1. The van der Waals surface area contributed by atoms with Crippen LogP contribution in [-0.2, 0) is 11.2 Å². The summed E-state index contributed by atoms with van der Waals surface area (Å²) in [6.45, 7) is 4.23. The zero-order chi connectivity index (χ0) is 19.4. The summed E-state index contributed by atoms with van der Waals surface area (Å²) in [5.74, 6) is -0.337. The molecular weight excluding hydrogens is 380 g/mol. The third-order valence-electron chi connectivity index (χ3n) is 4.53. The SMILES string of the molecule is CCOC(=O)c1c(NC(=S)NC(=O)c2ccccc2)sc2c1C(C)CCC2. The van der Waals surface area contributed by atoms with Gasteiger partial charge < -0.3 is 10.1 Å². The molecule has 3 rings (SSSR count). The lowest BCUT2D eigenvalue weighted by molar-refractivity contribution is 0.0526. The quantitative estimate of drug-likeness (QED) is 0.583. The molecule has 0 bridgehead atoms. The lowest BCUT2D eigenvalue weighted by Gasteiger charge is -2.19. The third kappa shape index (κ3) is 4.36. The average Bonchev–Trinajstić information content (AvgIpc) is 3.01. The van der Waals surface area contributed by atoms with Gasteiger partial charge in [-0.15, -0.1) is 11.3 Å². The molecule has 1 aliphatic carbocycles. The predicted octanol–water partition coefficient (Wildman–Crippen LogP) is 4.49. The molecule has 0 fully saturated rings. The van der Waals surface area contributed by atoms with E-state index in [9.17, 15) is 9.59 Å². The summed E-state index contributed by atoms with van der Waals surface area (Å²) in [4.78, 5) is 26.1. The Kier molecular flexibility index (Phi) is 6.23. The Labute approximate surface area is 168 Å². The van der Waals surface area contributed by atoms with Gasteiger partial charge in [0.05, 0.1) is 12.2 Å². The Morgan fingerprint density at radius 1 is 1.30 bits per heavy atom. The van der Waals surface area contributed by atoms with Crippen LogP contribution in [0.5, 0.6) is 0 Å². The van der Waals surface area contributed by atoms with E-state index in [2.05, 4.69) is 17.6 Å². The van der Waals surface area contributed by atoms with Gasteiger partial charge in [0.1, 0.15) is 5.00 Å². The van der Waals surface area contributed by atoms with Crippen molar-refractivity contribution in [3.63, 3.8) is 0 Å². The zero-order valence-corrected chi connectivity index (χ0v) is 17.0. The summed E-state index contributed by atoms with van der Waals surface area (Å²) in [5.41, 5.74) is 2.14. The first-order valence-electron chi connectivity index (χ1n) is 9.01. The number of ether oxygens (including phenoxy) is 1. The molecule has 1 heterocycles. The molecule has 1 amide bonds. The third-order valence-corrected chi connectivity index (χ3v) is 5.91. The normalized spacial score (nSPS) is 15.6. The molecule has 2 N–H and O–H groups in total. The maximum atomic E-state index is 12.6. The number of fused-ring (bicyclic) bond motifs is 1. The Bertz CT molecular complexity index is 862. The maximum absolute atomic E-state index is 12.6. The molecule has 142 valence electrons. The van der Waals surface area contributed by atoms with Crippen LogP contribution in [0, 0.1) is 0 Å². The summed E-state index contributed by atoms with van der Waals surface area (Å²) in [6, 6.07) is 8.86. The molecule has 27 heavy (non-hydrogen) atoms. The first-order chi connectivity index (χ1) is 13.0. The number of hydrogen-bond acceptors (Lipinski definition) is 5. The van der Waals surface area contributed by atoms with Crippen molar-refractivity contribution in [1.82, 2.24) is 5.32 Å². The summed E-state index contributed by atoms with van der Waals surface area (Å²) in [6.07, 6.45) is 3.10. The molecule has 7 heteroatoms. The van der Waals surface area contributed by atoms with E-state index in [1.54, 1.807) is 31.2 Å². The summed E-state index contributed by atoms with van der Waals surface area (Å²) in [5, 5.41) is 6.53. The second-order valence-electron chi connectivity index (χ2n) is 6.43. The number of aryl methyl sites for hydroxylation is 1. The van der Waals surface area contributed by atoms with Crippen molar-refractivity contribution in [3.05, 3.63) is 51.9 Å². The molecular formula is C20H22N2O3S2. The molecule has 0 radical (unpaired) electrons. The van der Waals surface area contributed by atoms with E-state index in [-0.39, 0.29) is 17.0 Å².